The first-order chi connectivity index (χ1) is 18.8. The van der Waals surface area contributed by atoms with Gasteiger partial charge in [0.05, 0.1) is 26.0 Å². The Hall–Kier alpha value is -3.82. The Morgan fingerprint density at radius 3 is 2.36 bits per heavy atom. The van der Waals surface area contributed by atoms with Gasteiger partial charge in [-0.15, -0.1) is 0 Å². The number of aryl methyl sites for hydroxylation is 1. The summed E-state index contributed by atoms with van der Waals surface area (Å²) in [4.78, 5) is 29.9. The zero-order valence-electron chi connectivity index (χ0n) is 21.7. The van der Waals surface area contributed by atoms with E-state index in [4.69, 9.17) is 26.2 Å². The number of amidine groups is 1. The Balaban J connectivity index is 1.35. The number of carbonyl (C=O) groups excluding carboxylic acids is 2. The second-order valence-electron chi connectivity index (χ2n) is 9.17. The lowest BCUT2D eigenvalue weighted by Gasteiger charge is -2.23. The van der Waals surface area contributed by atoms with Crippen molar-refractivity contribution in [3.8, 4) is 11.5 Å². The smallest absolute Gasteiger partial charge is 0.262 e. The van der Waals surface area contributed by atoms with Crippen LogP contribution in [0.2, 0.25) is 5.02 Å². The molecular weight excluding hydrogens is 536 g/mol. The van der Waals surface area contributed by atoms with E-state index in [0.717, 1.165) is 33.9 Å². The number of anilines is 1. The minimum absolute atomic E-state index is 0.0158. The van der Waals surface area contributed by atoms with Gasteiger partial charge in [0.2, 0.25) is 5.91 Å². The Bertz CT molecular complexity index is 1460. The first kappa shape index (κ1) is 26.8. The number of nitrogens with zero attached hydrogens (tertiary/aromatic N) is 3. The van der Waals surface area contributed by atoms with Crippen LogP contribution < -0.4 is 14.8 Å². The molecule has 0 aromatic heterocycles. The fourth-order valence-corrected chi connectivity index (χ4v) is 5.63. The molecule has 8 nitrogen and oxygen atoms in total. The van der Waals surface area contributed by atoms with Crippen molar-refractivity contribution < 1.29 is 19.1 Å². The highest BCUT2D eigenvalue weighted by molar-refractivity contribution is 8.15. The number of benzene rings is 3. The standard InChI is InChI=1S/C29H27ClN4O4S/c1-17-4-9-20(14-23(17)30)31-27(35)16-26-28(36)32-29(39-26)34-25(19-7-12-22(38-3)13-8-19)15-24(33-34)18-5-10-21(37-2)11-6-18/h4-14,25-26H,15-16H2,1-3H3,(H,31,35)/t25-,26-/m1/s1. The zero-order chi connectivity index (χ0) is 27.5. The summed E-state index contributed by atoms with van der Waals surface area (Å²) in [5.41, 5.74) is 4.34. The highest BCUT2D eigenvalue weighted by Crippen LogP contribution is 2.39. The van der Waals surface area contributed by atoms with E-state index in [1.165, 1.54) is 11.8 Å². The third-order valence-electron chi connectivity index (χ3n) is 6.59. The summed E-state index contributed by atoms with van der Waals surface area (Å²) in [6, 6.07) is 20.6. The molecule has 200 valence electrons. The molecule has 0 unspecified atom stereocenters. The lowest BCUT2D eigenvalue weighted by atomic mass is 9.98. The van der Waals surface area contributed by atoms with Crippen LogP contribution in [-0.2, 0) is 9.59 Å². The van der Waals surface area contributed by atoms with Crippen LogP contribution in [-0.4, -0.2) is 47.2 Å². The van der Waals surface area contributed by atoms with Crippen LogP contribution in [0.3, 0.4) is 0 Å². The van der Waals surface area contributed by atoms with Crippen LogP contribution in [0.15, 0.2) is 76.8 Å². The molecular formula is C29H27ClN4O4S. The van der Waals surface area contributed by atoms with Crippen molar-refractivity contribution in [3.63, 3.8) is 0 Å². The second kappa shape index (κ2) is 11.5. The monoisotopic (exact) mass is 562 g/mol. The number of methoxy groups -OCH3 is 2. The Kier molecular flexibility index (Phi) is 7.90. The van der Waals surface area contributed by atoms with Crippen molar-refractivity contribution in [2.24, 2.45) is 10.1 Å². The lowest BCUT2D eigenvalue weighted by Crippen LogP contribution is -2.25. The molecule has 3 aromatic carbocycles. The van der Waals surface area contributed by atoms with Crippen molar-refractivity contribution in [3.05, 3.63) is 88.4 Å². The number of carbonyl (C=O) groups is 2. The average Bonchev–Trinajstić information content (AvgIpc) is 3.54. The molecule has 39 heavy (non-hydrogen) atoms. The molecule has 0 radical (unpaired) electrons. The Morgan fingerprint density at radius 2 is 1.72 bits per heavy atom. The summed E-state index contributed by atoms with van der Waals surface area (Å²) < 4.78 is 10.6. The van der Waals surface area contributed by atoms with E-state index >= 15 is 0 Å². The van der Waals surface area contributed by atoms with Gasteiger partial charge in [-0.2, -0.15) is 10.1 Å². The molecule has 2 amide bonds. The first-order valence-electron chi connectivity index (χ1n) is 12.3. The Labute approximate surface area is 236 Å². The quantitative estimate of drug-likeness (QED) is 0.389. The number of amides is 2. The molecule has 3 aromatic rings. The normalized spacial score (nSPS) is 18.6. The third-order valence-corrected chi connectivity index (χ3v) is 8.13. The highest BCUT2D eigenvalue weighted by atomic mass is 35.5. The molecule has 2 aliphatic heterocycles. The van der Waals surface area contributed by atoms with Crippen LogP contribution in [0.25, 0.3) is 0 Å². The van der Waals surface area contributed by atoms with Gasteiger partial charge >= 0.3 is 0 Å². The van der Waals surface area contributed by atoms with Gasteiger partial charge in [0.1, 0.15) is 16.7 Å². The molecule has 0 bridgehead atoms. The van der Waals surface area contributed by atoms with E-state index in [2.05, 4.69) is 10.3 Å². The Morgan fingerprint density at radius 1 is 1.05 bits per heavy atom. The van der Waals surface area contributed by atoms with E-state index in [0.29, 0.717) is 22.3 Å². The van der Waals surface area contributed by atoms with Crippen molar-refractivity contribution in [1.82, 2.24) is 5.01 Å². The maximum atomic E-state index is 12.9. The summed E-state index contributed by atoms with van der Waals surface area (Å²) in [5.74, 6) is 0.876. The fourth-order valence-electron chi connectivity index (χ4n) is 4.39. The molecule has 2 atom stereocenters. The van der Waals surface area contributed by atoms with Gasteiger partial charge in [0.25, 0.3) is 5.91 Å². The molecule has 2 aliphatic rings. The first-order valence-corrected chi connectivity index (χ1v) is 13.6. The number of hydrazone groups is 1. The largest absolute Gasteiger partial charge is 0.497 e. The predicted molar refractivity (Wildman–Crippen MR) is 155 cm³/mol. The molecule has 0 aliphatic carbocycles. The summed E-state index contributed by atoms with van der Waals surface area (Å²) in [6.07, 6.45) is 0.601. The summed E-state index contributed by atoms with van der Waals surface area (Å²) in [5, 5.41) is 9.90. The van der Waals surface area contributed by atoms with Gasteiger partial charge in [0.15, 0.2) is 5.17 Å². The molecule has 0 fully saturated rings. The average molecular weight is 563 g/mol. The summed E-state index contributed by atoms with van der Waals surface area (Å²) in [7, 11) is 3.25. The number of hydrogen-bond acceptors (Lipinski definition) is 7. The number of aliphatic imine (C=N–C) groups is 1. The fraction of sp³-hybridized carbons (Fsp3) is 0.241. The van der Waals surface area contributed by atoms with E-state index < -0.39 is 5.25 Å². The molecule has 2 heterocycles. The molecule has 0 saturated heterocycles. The van der Waals surface area contributed by atoms with Crippen LogP contribution >= 0.6 is 23.4 Å². The number of thioether (sulfide) groups is 1. The maximum Gasteiger partial charge on any atom is 0.262 e. The maximum absolute atomic E-state index is 12.9. The molecule has 0 saturated carbocycles. The number of nitrogens with one attached hydrogen (secondary N) is 1. The minimum Gasteiger partial charge on any atom is -0.497 e. The van der Waals surface area contributed by atoms with E-state index in [1.54, 1.807) is 31.4 Å². The summed E-state index contributed by atoms with van der Waals surface area (Å²) in [6.45, 7) is 1.89. The lowest BCUT2D eigenvalue weighted by molar-refractivity contribution is -0.121. The van der Waals surface area contributed by atoms with Crippen LogP contribution in [0.4, 0.5) is 5.69 Å². The SMILES string of the molecule is COc1ccc(C2=NN(C3=NC(=O)[C@@H](CC(=O)Nc4ccc(C)c(Cl)c4)S3)[C@@H](c3ccc(OC)cc3)C2)cc1. The van der Waals surface area contributed by atoms with Crippen LogP contribution in [0.5, 0.6) is 11.5 Å². The van der Waals surface area contributed by atoms with Crippen molar-refractivity contribution >= 4 is 51.7 Å². The topological polar surface area (TPSA) is 92.6 Å². The van der Waals surface area contributed by atoms with Gasteiger partial charge in [-0.3, -0.25) is 9.59 Å². The van der Waals surface area contributed by atoms with Crippen molar-refractivity contribution in [2.45, 2.75) is 31.1 Å². The van der Waals surface area contributed by atoms with Gasteiger partial charge in [-0.05, 0) is 72.1 Å². The van der Waals surface area contributed by atoms with E-state index in [-0.39, 0.29) is 24.3 Å². The van der Waals surface area contributed by atoms with Gasteiger partial charge in [-0.25, -0.2) is 5.01 Å². The predicted octanol–water partition coefficient (Wildman–Crippen LogP) is 5.84. The number of ether oxygens (including phenoxy) is 2. The number of rotatable bonds is 7. The third kappa shape index (κ3) is 5.94. The van der Waals surface area contributed by atoms with E-state index in [1.807, 2.05) is 61.5 Å². The van der Waals surface area contributed by atoms with Crippen molar-refractivity contribution in [2.75, 3.05) is 19.5 Å². The van der Waals surface area contributed by atoms with Crippen LogP contribution in [0, 0.1) is 6.92 Å². The minimum atomic E-state index is -0.641. The zero-order valence-corrected chi connectivity index (χ0v) is 23.3. The number of halogens is 1. The summed E-state index contributed by atoms with van der Waals surface area (Å²) >= 11 is 7.43. The van der Waals surface area contributed by atoms with E-state index in [9.17, 15) is 9.59 Å². The van der Waals surface area contributed by atoms with Crippen LogP contribution in [0.1, 0.15) is 35.6 Å². The molecule has 10 heteroatoms. The number of hydrogen-bond donors (Lipinski definition) is 1. The van der Waals surface area contributed by atoms with Gasteiger partial charge in [-0.1, -0.05) is 41.6 Å². The van der Waals surface area contributed by atoms with Gasteiger partial charge < -0.3 is 14.8 Å². The molecule has 0 spiro atoms. The second-order valence-corrected chi connectivity index (χ2v) is 10.7. The van der Waals surface area contributed by atoms with Crippen molar-refractivity contribution in [1.29, 1.82) is 0 Å². The highest BCUT2D eigenvalue weighted by Gasteiger charge is 2.39. The molecule has 1 N–H and O–H groups in total. The van der Waals surface area contributed by atoms with Gasteiger partial charge in [0, 0.05) is 23.6 Å². The molecule has 5 rings (SSSR count).